The number of sulfonamides is 1. The molecular formula is C11H22N2O2S. The van der Waals surface area contributed by atoms with Gasteiger partial charge in [0, 0.05) is 13.1 Å². The van der Waals surface area contributed by atoms with Gasteiger partial charge in [0.15, 0.2) is 0 Å². The topological polar surface area (TPSA) is 58.2 Å². The minimum absolute atomic E-state index is 0.194. The summed E-state index contributed by atoms with van der Waals surface area (Å²) in [6, 6.07) is 0. The summed E-state index contributed by atoms with van der Waals surface area (Å²) in [5.41, 5.74) is 0.194. The molecule has 1 unspecified atom stereocenters. The summed E-state index contributed by atoms with van der Waals surface area (Å²) in [5.74, 6) is 0. The van der Waals surface area contributed by atoms with Crippen LogP contribution in [0.1, 0.15) is 39.0 Å². The van der Waals surface area contributed by atoms with Crippen molar-refractivity contribution in [3.8, 4) is 0 Å². The van der Waals surface area contributed by atoms with Crippen LogP contribution < -0.4 is 10.0 Å². The second-order valence-electron chi connectivity index (χ2n) is 5.50. The first kappa shape index (κ1) is 12.3. The summed E-state index contributed by atoms with van der Waals surface area (Å²) in [7, 11) is -3.10. The zero-order valence-electron chi connectivity index (χ0n) is 9.96. The van der Waals surface area contributed by atoms with Crippen molar-refractivity contribution in [1.82, 2.24) is 10.0 Å². The van der Waals surface area contributed by atoms with Crippen LogP contribution in [-0.2, 0) is 10.0 Å². The van der Waals surface area contributed by atoms with Crippen molar-refractivity contribution in [2.24, 2.45) is 5.41 Å². The Morgan fingerprint density at radius 3 is 2.62 bits per heavy atom. The fourth-order valence-corrected chi connectivity index (χ4v) is 4.24. The molecule has 2 N–H and O–H groups in total. The molecule has 94 valence electrons. The number of hydrogen-bond acceptors (Lipinski definition) is 3. The van der Waals surface area contributed by atoms with Crippen molar-refractivity contribution in [2.75, 3.05) is 19.6 Å². The van der Waals surface area contributed by atoms with Gasteiger partial charge in [0.2, 0.25) is 10.0 Å². The number of hydrogen-bond donors (Lipinski definition) is 2. The lowest BCUT2D eigenvalue weighted by molar-refractivity contribution is 0.335. The van der Waals surface area contributed by atoms with Crippen molar-refractivity contribution < 1.29 is 8.42 Å². The molecular weight excluding hydrogens is 224 g/mol. The predicted octanol–water partition coefficient (Wildman–Crippen LogP) is 0.848. The van der Waals surface area contributed by atoms with Crippen LogP contribution in [0, 0.1) is 5.41 Å². The highest BCUT2D eigenvalue weighted by Gasteiger charge is 2.33. The first-order valence-corrected chi connectivity index (χ1v) is 7.76. The zero-order chi connectivity index (χ0) is 11.6. The molecule has 0 spiro atoms. The van der Waals surface area contributed by atoms with Gasteiger partial charge >= 0.3 is 0 Å². The van der Waals surface area contributed by atoms with E-state index < -0.39 is 10.0 Å². The van der Waals surface area contributed by atoms with Gasteiger partial charge in [0.05, 0.1) is 5.25 Å². The molecule has 2 rings (SSSR count). The average molecular weight is 246 g/mol. The first-order chi connectivity index (χ1) is 7.52. The average Bonchev–Trinajstić information content (AvgIpc) is 2.86. The lowest BCUT2D eigenvalue weighted by Crippen LogP contribution is -2.40. The van der Waals surface area contributed by atoms with E-state index >= 15 is 0 Å². The van der Waals surface area contributed by atoms with Gasteiger partial charge in [-0.05, 0) is 31.2 Å². The molecule has 0 aromatic rings. The number of rotatable bonds is 4. The van der Waals surface area contributed by atoms with Crippen molar-refractivity contribution in [2.45, 2.75) is 44.3 Å². The van der Waals surface area contributed by atoms with Crippen LogP contribution >= 0.6 is 0 Å². The Bertz CT molecular complexity index is 328. The van der Waals surface area contributed by atoms with Gasteiger partial charge in [-0.1, -0.05) is 19.8 Å². The fourth-order valence-electron chi connectivity index (χ4n) is 2.69. The molecule has 0 radical (unpaired) electrons. The molecule has 0 aromatic carbocycles. The Morgan fingerprint density at radius 2 is 2.06 bits per heavy atom. The Kier molecular flexibility index (Phi) is 3.56. The van der Waals surface area contributed by atoms with Gasteiger partial charge < -0.3 is 5.32 Å². The Hall–Kier alpha value is -0.130. The summed E-state index contributed by atoms with van der Waals surface area (Å²) in [5, 5.41) is 2.87. The molecule has 1 heterocycles. The van der Waals surface area contributed by atoms with Crippen LogP contribution in [0.4, 0.5) is 0 Å². The molecule has 0 aromatic heterocycles. The van der Waals surface area contributed by atoms with Crippen molar-refractivity contribution in [3.05, 3.63) is 0 Å². The van der Waals surface area contributed by atoms with E-state index in [1.165, 1.54) is 12.8 Å². The molecule has 5 heteroatoms. The van der Waals surface area contributed by atoms with Crippen LogP contribution in [0.2, 0.25) is 0 Å². The van der Waals surface area contributed by atoms with E-state index in [2.05, 4.69) is 17.0 Å². The molecule has 0 amide bonds. The Morgan fingerprint density at radius 1 is 1.38 bits per heavy atom. The number of nitrogens with one attached hydrogen (secondary N) is 2. The maximum absolute atomic E-state index is 12.0. The normalized spacial score (nSPS) is 29.7. The quantitative estimate of drug-likeness (QED) is 0.773. The van der Waals surface area contributed by atoms with Crippen LogP contribution in [0.3, 0.4) is 0 Å². The minimum Gasteiger partial charge on any atom is -0.315 e. The van der Waals surface area contributed by atoms with Gasteiger partial charge in [-0.3, -0.25) is 0 Å². The molecule has 2 aliphatic rings. The third-order valence-electron chi connectivity index (χ3n) is 3.96. The molecule has 1 saturated heterocycles. The van der Waals surface area contributed by atoms with Crippen LogP contribution in [-0.4, -0.2) is 33.3 Å². The predicted molar refractivity (Wildman–Crippen MR) is 64.8 cm³/mol. The summed E-state index contributed by atoms with van der Waals surface area (Å²) in [6.45, 7) is 4.23. The lowest BCUT2D eigenvalue weighted by Gasteiger charge is -2.24. The lowest BCUT2D eigenvalue weighted by atomic mass is 9.89. The second kappa shape index (κ2) is 4.63. The minimum atomic E-state index is -3.10. The van der Waals surface area contributed by atoms with Crippen LogP contribution in [0.25, 0.3) is 0 Å². The van der Waals surface area contributed by atoms with Crippen molar-refractivity contribution in [3.63, 3.8) is 0 Å². The highest BCUT2D eigenvalue weighted by atomic mass is 32.2. The van der Waals surface area contributed by atoms with Gasteiger partial charge in [0.1, 0.15) is 0 Å². The van der Waals surface area contributed by atoms with Gasteiger partial charge in [-0.2, -0.15) is 0 Å². The summed E-state index contributed by atoms with van der Waals surface area (Å²) in [6.07, 6.45) is 5.52. The highest BCUT2D eigenvalue weighted by molar-refractivity contribution is 7.90. The van der Waals surface area contributed by atoms with E-state index in [1.54, 1.807) is 0 Å². The third kappa shape index (κ3) is 2.76. The third-order valence-corrected chi connectivity index (χ3v) is 5.79. The molecule has 1 atom stereocenters. The van der Waals surface area contributed by atoms with Gasteiger partial charge in [-0.15, -0.1) is 0 Å². The molecule has 1 aliphatic carbocycles. The summed E-state index contributed by atoms with van der Waals surface area (Å²) >= 11 is 0. The fraction of sp³-hybridized carbons (Fsp3) is 1.00. The molecule has 2 fully saturated rings. The molecule has 4 nitrogen and oxygen atoms in total. The van der Waals surface area contributed by atoms with Crippen molar-refractivity contribution in [1.29, 1.82) is 0 Å². The van der Waals surface area contributed by atoms with E-state index in [1.807, 2.05) is 0 Å². The molecule has 1 saturated carbocycles. The van der Waals surface area contributed by atoms with Gasteiger partial charge in [-0.25, -0.2) is 13.1 Å². The standard InChI is InChI=1S/C11H22N2O2S/c1-11(5-2-3-6-11)9-13-16(14,15)10-4-7-12-8-10/h10,12-13H,2-9H2,1H3. The SMILES string of the molecule is CC1(CNS(=O)(=O)C2CCNC2)CCCC1. The van der Waals surface area contributed by atoms with E-state index in [4.69, 9.17) is 0 Å². The van der Waals surface area contributed by atoms with E-state index in [-0.39, 0.29) is 10.7 Å². The van der Waals surface area contributed by atoms with Crippen molar-refractivity contribution >= 4 is 10.0 Å². The zero-order valence-corrected chi connectivity index (χ0v) is 10.8. The van der Waals surface area contributed by atoms with E-state index in [9.17, 15) is 8.42 Å². The first-order valence-electron chi connectivity index (χ1n) is 6.21. The molecule has 0 bridgehead atoms. The second-order valence-corrected chi connectivity index (χ2v) is 7.54. The molecule has 16 heavy (non-hydrogen) atoms. The summed E-state index contributed by atoms with van der Waals surface area (Å²) < 4.78 is 26.8. The van der Waals surface area contributed by atoms with Crippen LogP contribution in [0.5, 0.6) is 0 Å². The Labute approximate surface area is 98.2 Å². The molecule has 1 aliphatic heterocycles. The highest BCUT2D eigenvalue weighted by Crippen LogP contribution is 2.36. The Balaban J connectivity index is 1.88. The smallest absolute Gasteiger partial charge is 0.215 e. The maximum atomic E-state index is 12.0. The van der Waals surface area contributed by atoms with E-state index in [0.717, 1.165) is 25.8 Å². The maximum Gasteiger partial charge on any atom is 0.215 e. The largest absolute Gasteiger partial charge is 0.315 e. The monoisotopic (exact) mass is 246 g/mol. The van der Waals surface area contributed by atoms with Gasteiger partial charge in [0.25, 0.3) is 0 Å². The van der Waals surface area contributed by atoms with Crippen LogP contribution in [0.15, 0.2) is 0 Å². The van der Waals surface area contributed by atoms with E-state index in [0.29, 0.717) is 13.1 Å². The summed E-state index contributed by atoms with van der Waals surface area (Å²) in [4.78, 5) is 0.